The van der Waals surface area contributed by atoms with Crippen LogP contribution in [0, 0.1) is 0 Å². The normalized spacial score (nSPS) is 16.1. The first kappa shape index (κ1) is 25.4. The SMILES string of the molecule is CCCN(CC)c1ccc(C(=O)N2CCC(c3nnc4n3CCNC4)CC2)cn1.Cl.Cl. The van der Waals surface area contributed by atoms with Crippen molar-refractivity contribution >= 4 is 36.5 Å². The molecule has 2 aromatic heterocycles. The zero-order chi connectivity index (χ0) is 20.2. The van der Waals surface area contributed by atoms with Gasteiger partial charge < -0.3 is 19.7 Å². The van der Waals surface area contributed by atoms with E-state index in [0.29, 0.717) is 11.5 Å². The van der Waals surface area contributed by atoms with E-state index in [1.54, 1.807) is 6.20 Å². The number of aromatic nitrogens is 4. The summed E-state index contributed by atoms with van der Waals surface area (Å²) < 4.78 is 2.26. The van der Waals surface area contributed by atoms with Crippen LogP contribution in [0.2, 0.25) is 0 Å². The van der Waals surface area contributed by atoms with Gasteiger partial charge in [-0.2, -0.15) is 0 Å². The van der Waals surface area contributed by atoms with Gasteiger partial charge in [0.1, 0.15) is 17.5 Å². The first-order valence-corrected chi connectivity index (χ1v) is 10.8. The van der Waals surface area contributed by atoms with Crippen molar-refractivity contribution in [1.82, 2.24) is 30.0 Å². The van der Waals surface area contributed by atoms with E-state index in [9.17, 15) is 4.79 Å². The molecule has 2 aromatic rings. The van der Waals surface area contributed by atoms with Crippen molar-refractivity contribution in [2.75, 3.05) is 37.6 Å². The highest BCUT2D eigenvalue weighted by atomic mass is 35.5. The summed E-state index contributed by atoms with van der Waals surface area (Å²) in [6, 6.07) is 3.88. The Morgan fingerprint density at radius 1 is 1.16 bits per heavy atom. The lowest BCUT2D eigenvalue weighted by atomic mass is 9.95. The van der Waals surface area contributed by atoms with Crippen LogP contribution in [0.4, 0.5) is 5.82 Å². The number of halogens is 2. The van der Waals surface area contributed by atoms with Gasteiger partial charge in [-0.3, -0.25) is 4.79 Å². The molecule has 8 nitrogen and oxygen atoms in total. The van der Waals surface area contributed by atoms with E-state index in [1.165, 1.54) is 0 Å². The Kier molecular flexibility index (Phi) is 9.53. The molecule has 0 radical (unpaired) electrons. The molecule has 0 aliphatic carbocycles. The number of nitrogens with zero attached hydrogens (tertiary/aromatic N) is 6. The number of pyridine rings is 1. The van der Waals surface area contributed by atoms with Crippen LogP contribution < -0.4 is 10.2 Å². The number of piperidine rings is 1. The predicted octanol–water partition coefficient (Wildman–Crippen LogP) is 2.88. The summed E-state index contributed by atoms with van der Waals surface area (Å²) in [4.78, 5) is 21.7. The molecule has 1 saturated heterocycles. The third-order valence-electron chi connectivity index (χ3n) is 5.99. The van der Waals surface area contributed by atoms with Crippen LogP contribution in [-0.4, -0.2) is 63.3 Å². The van der Waals surface area contributed by atoms with Crippen LogP contribution in [0.1, 0.15) is 61.0 Å². The number of likely N-dealkylation sites (tertiary alicyclic amines) is 1. The number of fused-ring (bicyclic) bond motifs is 1. The van der Waals surface area contributed by atoms with Crippen molar-refractivity contribution < 1.29 is 4.79 Å². The van der Waals surface area contributed by atoms with Gasteiger partial charge in [-0.15, -0.1) is 35.0 Å². The van der Waals surface area contributed by atoms with Crippen molar-refractivity contribution in [1.29, 1.82) is 0 Å². The average Bonchev–Trinajstić information content (AvgIpc) is 3.21. The lowest BCUT2D eigenvalue weighted by molar-refractivity contribution is 0.0709. The first-order chi connectivity index (χ1) is 14.2. The van der Waals surface area contributed by atoms with E-state index >= 15 is 0 Å². The van der Waals surface area contributed by atoms with E-state index in [2.05, 4.69) is 43.8 Å². The number of nitrogens with one attached hydrogen (secondary N) is 1. The maximum absolute atomic E-state index is 12.9. The summed E-state index contributed by atoms with van der Waals surface area (Å²) in [6.07, 6.45) is 4.67. The van der Waals surface area contributed by atoms with E-state index < -0.39 is 0 Å². The smallest absolute Gasteiger partial charge is 0.255 e. The Balaban J connectivity index is 0.00000171. The Morgan fingerprint density at radius 2 is 1.94 bits per heavy atom. The molecule has 10 heteroatoms. The van der Waals surface area contributed by atoms with Gasteiger partial charge in [-0.25, -0.2) is 4.98 Å². The fourth-order valence-electron chi connectivity index (χ4n) is 4.34. The minimum absolute atomic E-state index is 0. The Morgan fingerprint density at radius 3 is 2.58 bits per heavy atom. The molecule has 0 unspecified atom stereocenters. The maximum atomic E-state index is 12.9. The molecular formula is C21H33Cl2N7O. The summed E-state index contributed by atoms with van der Waals surface area (Å²) in [5.74, 6) is 3.52. The number of rotatable bonds is 6. The molecule has 4 rings (SSSR count). The third-order valence-corrected chi connectivity index (χ3v) is 5.99. The van der Waals surface area contributed by atoms with Gasteiger partial charge in [0.2, 0.25) is 0 Å². The largest absolute Gasteiger partial charge is 0.357 e. The quantitative estimate of drug-likeness (QED) is 0.700. The van der Waals surface area contributed by atoms with Gasteiger partial charge in [0.25, 0.3) is 5.91 Å². The molecule has 0 saturated carbocycles. The Labute approximate surface area is 196 Å². The number of hydrogen-bond acceptors (Lipinski definition) is 6. The highest BCUT2D eigenvalue weighted by Crippen LogP contribution is 2.28. The maximum Gasteiger partial charge on any atom is 0.255 e. The Hall–Kier alpha value is -1.90. The molecular weight excluding hydrogens is 437 g/mol. The molecule has 172 valence electrons. The Bertz CT molecular complexity index is 835. The number of amides is 1. The predicted molar refractivity (Wildman–Crippen MR) is 127 cm³/mol. The molecule has 1 N–H and O–H groups in total. The molecule has 1 fully saturated rings. The van der Waals surface area contributed by atoms with E-state index in [1.807, 2.05) is 17.0 Å². The number of anilines is 1. The third kappa shape index (κ3) is 5.48. The molecule has 0 spiro atoms. The summed E-state index contributed by atoms with van der Waals surface area (Å²) >= 11 is 0. The number of carbonyl (C=O) groups is 1. The van der Waals surface area contributed by atoms with Crippen LogP contribution in [0.15, 0.2) is 18.3 Å². The van der Waals surface area contributed by atoms with Crippen molar-refractivity contribution in [3.8, 4) is 0 Å². The average molecular weight is 470 g/mol. The minimum atomic E-state index is 0. The molecule has 31 heavy (non-hydrogen) atoms. The van der Waals surface area contributed by atoms with Gasteiger partial charge in [0, 0.05) is 51.4 Å². The summed E-state index contributed by atoms with van der Waals surface area (Å²) in [7, 11) is 0. The summed E-state index contributed by atoms with van der Waals surface area (Å²) in [6.45, 7) is 10.4. The van der Waals surface area contributed by atoms with Gasteiger partial charge in [-0.05, 0) is 38.3 Å². The molecule has 0 atom stereocenters. The van der Waals surface area contributed by atoms with Crippen LogP contribution >= 0.6 is 24.8 Å². The van der Waals surface area contributed by atoms with Crippen LogP contribution in [0.25, 0.3) is 0 Å². The van der Waals surface area contributed by atoms with E-state index in [4.69, 9.17) is 0 Å². The molecule has 1 amide bonds. The van der Waals surface area contributed by atoms with E-state index in [-0.39, 0.29) is 30.7 Å². The topological polar surface area (TPSA) is 79.2 Å². The zero-order valence-electron chi connectivity index (χ0n) is 18.3. The van der Waals surface area contributed by atoms with Gasteiger partial charge >= 0.3 is 0 Å². The molecule has 0 bridgehead atoms. The van der Waals surface area contributed by atoms with Crippen molar-refractivity contribution in [3.63, 3.8) is 0 Å². The van der Waals surface area contributed by atoms with Crippen LogP contribution in [0.5, 0.6) is 0 Å². The highest BCUT2D eigenvalue weighted by Gasteiger charge is 2.29. The van der Waals surface area contributed by atoms with Gasteiger partial charge in [0.05, 0.1) is 12.1 Å². The standard InChI is InChI=1S/C21H31N7O.2ClH/c1-3-10-26(4-2)18-6-5-17(14-23-18)21(29)27-11-7-16(8-12-27)20-25-24-19-15-22-9-13-28(19)20;;/h5-6,14,16,22H,3-4,7-13,15H2,1-2H3;2*1H. The minimum Gasteiger partial charge on any atom is -0.357 e. The monoisotopic (exact) mass is 469 g/mol. The van der Waals surface area contributed by atoms with Crippen LogP contribution in [0.3, 0.4) is 0 Å². The summed E-state index contributed by atoms with van der Waals surface area (Å²) in [5, 5.41) is 12.1. The molecule has 2 aliphatic rings. The second kappa shape index (κ2) is 11.6. The lowest BCUT2D eigenvalue weighted by Gasteiger charge is -2.32. The zero-order valence-corrected chi connectivity index (χ0v) is 19.9. The number of hydrogen-bond donors (Lipinski definition) is 1. The lowest BCUT2D eigenvalue weighted by Crippen LogP contribution is -2.39. The fourth-order valence-corrected chi connectivity index (χ4v) is 4.34. The number of carbonyl (C=O) groups excluding carboxylic acids is 1. The fraction of sp³-hybridized carbons (Fsp3) is 0.619. The molecule has 4 heterocycles. The molecule has 2 aliphatic heterocycles. The van der Waals surface area contributed by atoms with Crippen molar-refractivity contribution in [2.24, 2.45) is 0 Å². The second-order valence-corrected chi connectivity index (χ2v) is 7.85. The van der Waals surface area contributed by atoms with Crippen LogP contribution in [-0.2, 0) is 13.1 Å². The van der Waals surface area contributed by atoms with Gasteiger partial charge in [-0.1, -0.05) is 6.92 Å². The second-order valence-electron chi connectivity index (χ2n) is 7.85. The van der Waals surface area contributed by atoms with Crippen molar-refractivity contribution in [2.45, 2.75) is 52.1 Å². The first-order valence-electron chi connectivity index (χ1n) is 10.8. The summed E-state index contributed by atoms with van der Waals surface area (Å²) in [5.41, 5.74) is 0.672. The van der Waals surface area contributed by atoms with Crippen molar-refractivity contribution in [3.05, 3.63) is 35.5 Å². The highest BCUT2D eigenvalue weighted by molar-refractivity contribution is 5.94. The van der Waals surface area contributed by atoms with Gasteiger partial charge in [0.15, 0.2) is 0 Å². The van der Waals surface area contributed by atoms with E-state index in [0.717, 1.165) is 82.5 Å². The molecule has 0 aromatic carbocycles.